The van der Waals surface area contributed by atoms with Gasteiger partial charge in [-0.1, -0.05) is 30.3 Å². The fraction of sp³-hybridized carbons (Fsp3) is 0.158. The molecule has 120 valence electrons. The number of methoxy groups -OCH3 is 1. The summed E-state index contributed by atoms with van der Waals surface area (Å²) in [5.41, 5.74) is 3.04. The van der Waals surface area contributed by atoms with Crippen LogP contribution in [0.25, 0.3) is 5.69 Å². The van der Waals surface area contributed by atoms with E-state index in [4.69, 9.17) is 4.74 Å². The predicted molar refractivity (Wildman–Crippen MR) is 91.6 cm³/mol. The zero-order chi connectivity index (χ0) is 16.5. The van der Waals surface area contributed by atoms with E-state index in [1.54, 1.807) is 11.8 Å². The van der Waals surface area contributed by atoms with Crippen molar-refractivity contribution in [2.45, 2.75) is 12.3 Å². The van der Waals surface area contributed by atoms with Crippen LogP contribution in [0.15, 0.2) is 60.8 Å². The minimum absolute atomic E-state index is 0.000925. The second kappa shape index (κ2) is 5.85. The Morgan fingerprint density at radius 1 is 1.12 bits per heavy atom. The largest absolute Gasteiger partial charge is 0.497 e. The summed E-state index contributed by atoms with van der Waals surface area (Å²) in [6.07, 6.45) is 2.26. The minimum Gasteiger partial charge on any atom is -0.497 e. The van der Waals surface area contributed by atoms with Crippen LogP contribution < -0.4 is 10.1 Å². The summed E-state index contributed by atoms with van der Waals surface area (Å²) in [7, 11) is 1.64. The predicted octanol–water partition coefficient (Wildman–Crippen LogP) is 3.36. The third-order valence-electron chi connectivity index (χ3n) is 4.34. The lowest BCUT2D eigenvalue weighted by molar-refractivity contribution is -0.116. The van der Waals surface area contributed by atoms with Crippen LogP contribution in [-0.4, -0.2) is 22.8 Å². The van der Waals surface area contributed by atoms with Crippen molar-refractivity contribution in [3.63, 3.8) is 0 Å². The highest BCUT2D eigenvalue weighted by Crippen LogP contribution is 2.38. The van der Waals surface area contributed by atoms with Crippen molar-refractivity contribution in [1.29, 1.82) is 0 Å². The van der Waals surface area contributed by atoms with E-state index >= 15 is 0 Å². The Bertz CT molecular complexity index is 869. The van der Waals surface area contributed by atoms with Crippen molar-refractivity contribution in [2.24, 2.45) is 0 Å². The lowest BCUT2D eigenvalue weighted by atomic mass is 9.87. The number of fused-ring (bicyclic) bond motifs is 1. The van der Waals surface area contributed by atoms with Gasteiger partial charge in [-0.05, 0) is 29.8 Å². The second-order valence-corrected chi connectivity index (χ2v) is 5.77. The first kappa shape index (κ1) is 14.5. The van der Waals surface area contributed by atoms with Gasteiger partial charge in [-0.25, -0.2) is 4.68 Å². The van der Waals surface area contributed by atoms with Gasteiger partial charge in [-0.2, -0.15) is 5.10 Å². The molecule has 3 aromatic rings. The van der Waals surface area contributed by atoms with Crippen molar-refractivity contribution < 1.29 is 9.53 Å². The van der Waals surface area contributed by atoms with Crippen LogP contribution in [0, 0.1) is 0 Å². The summed E-state index contributed by atoms with van der Waals surface area (Å²) < 4.78 is 6.99. The van der Waals surface area contributed by atoms with E-state index in [0.717, 1.165) is 28.4 Å². The maximum atomic E-state index is 12.2. The molecule has 5 nitrogen and oxygen atoms in total. The molecular weight excluding hydrogens is 302 g/mol. The lowest BCUT2D eigenvalue weighted by Crippen LogP contribution is -2.24. The van der Waals surface area contributed by atoms with Crippen molar-refractivity contribution in [1.82, 2.24) is 9.78 Å². The molecule has 1 unspecified atom stereocenters. The summed E-state index contributed by atoms with van der Waals surface area (Å²) in [6, 6.07) is 17.7. The van der Waals surface area contributed by atoms with E-state index in [-0.39, 0.29) is 11.8 Å². The number of anilines is 1. The zero-order valence-corrected chi connectivity index (χ0v) is 13.3. The van der Waals surface area contributed by atoms with Gasteiger partial charge in [-0.3, -0.25) is 4.79 Å². The normalized spacial score (nSPS) is 16.4. The molecule has 1 N–H and O–H groups in total. The summed E-state index contributed by atoms with van der Waals surface area (Å²) >= 11 is 0. The van der Waals surface area contributed by atoms with E-state index in [1.165, 1.54) is 0 Å². The van der Waals surface area contributed by atoms with Crippen molar-refractivity contribution in [2.75, 3.05) is 12.4 Å². The molecule has 1 amide bonds. The van der Waals surface area contributed by atoms with E-state index in [1.807, 2.05) is 60.8 Å². The Morgan fingerprint density at radius 2 is 1.88 bits per heavy atom. The maximum Gasteiger partial charge on any atom is 0.226 e. The topological polar surface area (TPSA) is 56.1 Å². The van der Waals surface area contributed by atoms with Crippen molar-refractivity contribution in [3.8, 4) is 11.4 Å². The molecule has 0 saturated carbocycles. The highest BCUT2D eigenvalue weighted by molar-refractivity contribution is 5.94. The Balaban J connectivity index is 1.78. The molecule has 1 aliphatic rings. The summed E-state index contributed by atoms with van der Waals surface area (Å²) in [4.78, 5) is 12.2. The average Bonchev–Trinajstić information content (AvgIpc) is 3.05. The first-order valence-electron chi connectivity index (χ1n) is 7.83. The second-order valence-electron chi connectivity index (χ2n) is 5.77. The molecule has 0 aliphatic carbocycles. The molecule has 2 aromatic carbocycles. The number of nitrogens with one attached hydrogen (secondary N) is 1. The van der Waals surface area contributed by atoms with Crippen LogP contribution in [0.4, 0.5) is 5.82 Å². The van der Waals surface area contributed by atoms with Crippen molar-refractivity contribution in [3.05, 3.63) is 71.9 Å². The van der Waals surface area contributed by atoms with Gasteiger partial charge in [0.15, 0.2) is 0 Å². The molecule has 1 aromatic heterocycles. The number of hydrogen-bond donors (Lipinski definition) is 1. The van der Waals surface area contributed by atoms with Crippen LogP contribution in [0.2, 0.25) is 0 Å². The molecule has 2 heterocycles. The molecule has 0 fully saturated rings. The molecule has 1 atom stereocenters. The number of nitrogens with zero attached hydrogens (tertiary/aromatic N) is 2. The molecule has 5 heteroatoms. The summed E-state index contributed by atoms with van der Waals surface area (Å²) in [6.45, 7) is 0. The van der Waals surface area contributed by atoms with Crippen LogP contribution in [0.1, 0.15) is 23.5 Å². The van der Waals surface area contributed by atoms with Gasteiger partial charge < -0.3 is 10.1 Å². The van der Waals surface area contributed by atoms with E-state index in [2.05, 4.69) is 10.4 Å². The summed E-state index contributed by atoms with van der Waals surface area (Å²) in [5.74, 6) is 1.55. The van der Waals surface area contributed by atoms with Crippen LogP contribution in [-0.2, 0) is 4.79 Å². The average molecular weight is 319 g/mol. The van der Waals surface area contributed by atoms with E-state index in [0.29, 0.717) is 6.42 Å². The highest BCUT2D eigenvalue weighted by atomic mass is 16.5. The number of carbonyl (C=O) groups excluding carboxylic acids is 1. The Morgan fingerprint density at radius 3 is 2.58 bits per heavy atom. The quantitative estimate of drug-likeness (QED) is 0.805. The Labute approximate surface area is 139 Å². The summed E-state index contributed by atoms with van der Waals surface area (Å²) in [5, 5.41) is 7.46. The Hall–Kier alpha value is -3.08. The molecule has 24 heavy (non-hydrogen) atoms. The molecule has 4 rings (SSSR count). The number of hydrogen-bond acceptors (Lipinski definition) is 3. The van der Waals surface area contributed by atoms with Gasteiger partial charge in [0.05, 0.1) is 19.0 Å². The van der Waals surface area contributed by atoms with Gasteiger partial charge in [0.2, 0.25) is 5.91 Å². The molecular formula is C19H17N3O2. The maximum absolute atomic E-state index is 12.2. The number of benzene rings is 2. The third kappa shape index (κ3) is 2.44. The van der Waals surface area contributed by atoms with Crippen LogP contribution in [0.3, 0.4) is 0 Å². The number of aromatic nitrogens is 2. The number of rotatable bonds is 3. The van der Waals surface area contributed by atoms with E-state index in [9.17, 15) is 4.79 Å². The standard InChI is InChI=1S/C19H17N3O2/c1-24-15-9-7-13(8-10-15)16-11-18(23)21-19-17(16)12-20-22(19)14-5-3-2-4-6-14/h2-10,12,16H,11H2,1H3,(H,21,23). The number of ether oxygens (including phenoxy) is 1. The molecule has 1 aliphatic heterocycles. The van der Waals surface area contributed by atoms with Gasteiger partial charge in [0.1, 0.15) is 11.6 Å². The smallest absolute Gasteiger partial charge is 0.226 e. The minimum atomic E-state index is -0.00267. The lowest BCUT2D eigenvalue weighted by Gasteiger charge is -2.24. The van der Waals surface area contributed by atoms with Gasteiger partial charge in [0, 0.05) is 17.9 Å². The van der Waals surface area contributed by atoms with Gasteiger partial charge >= 0.3 is 0 Å². The first-order chi connectivity index (χ1) is 11.8. The van der Waals surface area contributed by atoms with Crippen molar-refractivity contribution >= 4 is 11.7 Å². The Kier molecular flexibility index (Phi) is 3.54. The molecule has 0 spiro atoms. The number of carbonyl (C=O) groups is 1. The monoisotopic (exact) mass is 319 g/mol. The van der Waals surface area contributed by atoms with Gasteiger partial charge in [0.25, 0.3) is 0 Å². The molecule has 0 radical (unpaired) electrons. The van der Waals surface area contributed by atoms with Crippen LogP contribution >= 0.6 is 0 Å². The van der Waals surface area contributed by atoms with E-state index < -0.39 is 0 Å². The van der Waals surface area contributed by atoms with Gasteiger partial charge in [-0.15, -0.1) is 0 Å². The van der Waals surface area contributed by atoms with Crippen LogP contribution in [0.5, 0.6) is 5.75 Å². The number of para-hydroxylation sites is 1. The molecule has 0 saturated heterocycles. The zero-order valence-electron chi connectivity index (χ0n) is 13.3. The SMILES string of the molecule is COc1ccc(C2CC(=O)Nc3c2cnn3-c2ccccc2)cc1. The third-order valence-corrected chi connectivity index (χ3v) is 4.34. The number of amides is 1. The highest BCUT2D eigenvalue weighted by Gasteiger charge is 2.30. The molecule has 0 bridgehead atoms. The fourth-order valence-electron chi connectivity index (χ4n) is 3.12. The fourth-order valence-corrected chi connectivity index (χ4v) is 3.12. The first-order valence-corrected chi connectivity index (χ1v) is 7.83.